The van der Waals surface area contributed by atoms with Gasteiger partial charge in [-0.05, 0) is 30.0 Å². The van der Waals surface area contributed by atoms with Crippen molar-refractivity contribution in [3.05, 3.63) is 30.7 Å². The zero-order chi connectivity index (χ0) is 22.8. The van der Waals surface area contributed by atoms with Gasteiger partial charge in [0.05, 0.1) is 29.8 Å². The summed E-state index contributed by atoms with van der Waals surface area (Å²) >= 11 is 0. The summed E-state index contributed by atoms with van der Waals surface area (Å²) < 4.78 is 6.69. The number of hydrogen-bond donors (Lipinski definition) is 3. The Labute approximate surface area is 188 Å². The lowest BCUT2D eigenvalue weighted by molar-refractivity contribution is 0.261. The van der Waals surface area contributed by atoms with Crippen LogP contribution >= 0.6 is 0 Å². The van der Waals surface area contributed by atoms with Crippen LogP contribution in [0.2, 0.25) is 0 Å². The second kappa shape index (κ2) is 8.70. The smallest absolute Gasteiger partial charge is 0.327 e. The van der Waals surface area contributed by atoms with Crippen LogP contribution in [0.15, 0.2) is 29.3 Å². The van der Waals surface area contributed by atoms with Crippen LogP contribution in [-0.4, -0.2) is 40.9 Å². The maximum atomic E-state index is 12.7. The molecule has 168 valence electrons. The Hall–Kier alpha value is -4.27. The van der Waals surface area contributed by atoms with Gasteiger partial charge in [-0.3, -0.25) is 15.3 Å². The number of nitrogens with one attached hydrogen (secondary N) is 3. The van der Waals surface area contributed by atoms with Crippen LogP contribution in [0.1, 0.15) is 44.0 Å². The van der Waals surface area contributed by atoms with Crippen molar-refractivity contribution in [3.8, 4) is 17.3 Å². The fraction of sp³-hybridized carbons (Fsp3) is 0.381. The summed E-state index contributed by atoms with van der Waals surface area (Å²) in [5.41, 5.74) is 1.93. The Morgan fingerprint density at radius 1 is 1.36 bits per heavy atom. The van der Waals surface area contributed by atoms with Gasteiger partial charge in [0.15, 0.2) is 5.82 Å². The number of aromatic nitrogens is 7. The maximum Gasteiger partial charge on any atom is 0.327 e. The lowest BCUT2D eigenvalue weighted by atomic mass is 9.96. The minimum atomic E-state index is -0.570. The highest BCUT2D eigenvalue weighted by Gasteiger charge is 2.29. The Bertz CT molecular complexity index is 1320. The first-order valence-corrected chi connectivity index (χ1v) is 10.7. The first-order valence-electron chi connectivity index (χ1n) is 10.7. The molecule has 4 aromatic heterocycles. The van der Waals surface area contributed by atoms with E-state index in [0.29, 0.717) is 41.0 Å². The fourth-order valence-corrected chi connectivity index (χ4v) is 4.42. The average Bonchev–Trinajstić information content (AvgIpc) is 3.59. The largest absolute Gasteiger partial charge is 0.346 e. The van der Waals surface area contributed by atoms with Gasteiger partial charge < -0.3 is 9.51 Å². The van der Waals surface area contributed by atoms with Gasteiger partial charge in [0, 0.05) is 24.7 Å². The monoisotopic (exact) mass is 446 g/mol. The third kappa shape index (κ3) is 4.12. The lowest BCUT2D eigenvalue weighted by Gasteiger charge is -2.21. The molecule has 0 bridgehead atoms. The summed E-state index contributed by atoms with van der Waals surface area (Å²) in [6.07, 6.45) is 9.83. The van der Waals surface area contributed by atoms with Gasteiger partial charge in [-0.1, -0.05) is 12.8 Å². The van der Waals surface area contributed by atoms with Crippen LogP contribution in [-0.2, 0) is 0 Å². The van der Waals surface area contributed by atoms with E-state index in [1.807, 2.05) is 12.3 Å². The number of fused-ring (bicyclic) bond motifs is 1. The quantitative estimate of drug-likeness (QED) is 0.402. The number of urea groups is 1. The van der Waals surface area contributed by atoms with Gasteiger partial charge in [-0.2, -0.15) is 15.3 Å². The molecule has 1 saturated carbocycles. The molecule has 3 N–H and O–H groups in total. The second-order valence-electron chi connectivity index (χ2n) is 8.02. The van der Waals surface area contributed by atoms with E-state index in [-0.39, 0.29) is 12.0 Å². The molecule has 0 aliphatic heterocycles. The van der Waals surface area contributed by atoms with Crippen molar-refractivity contribution in [1.29, 1.82) is 5.26 Å². The summed E-state index contributed by atoms with van der Waals surface area (Å²) in [6, 6.07) is 3.51. The number of nitriles is 1. The molecule has 4 aromatic rings. The predicted octanol–water partition coefficient (Wildman–Crippen LogP) is 3.80. The van der Waals surface area contributed by atoms with E-state index in [2.05, 4.69) is 46.9 Å². The number of rotatable bonds is 6. The first-order chi connectivity index (χ1) is 16.1. The van der Waals surface area contributed by atoms with Gasteiger partial charge in [0.25, 0.3) is 5.95 Å². The van der Waals surface area contributed by atoms with Crippen LogP contribution in [0.4, 0.5) is 16.6 Å². The molecular weight excluding hydrogens is 424 g/mol. The van der Waals surface area contributed by atoms with Crippen molar-refractivity contribution in [3.63, 3.8) is 0 Å². The van der Waals surface area contributed by atoms with Crippen LogP contribution in [0.3, 0.4) is 0 Å². The average molecular weight is 446 g/mol. The molecule has 5 rings (SSSR count). The summed E-state index contributed by atoms with van der Waals surface area (Å²) in [5, 5.41) is 23.9. The van der Waals surface area contributed by atoms with E-state index in [9.17, 15) is 10.1 Å². The highest BCUT2D eigenvalue weighted by atomic mass is 16.5. The molecule has 1 aliphatic carbocycles. The number of hydrogen-bond acceptors (Lipinski definition) is 8. The van der Waals surface area contributed by atoms with Gasteiger partial charge in [-0.25, -0.2) is 14.8 Å². The normalized spacial score (nSPS) is 14.9. The van der Waals surface area contributed by atoms with Crippen molar-refractivity contribution in [1.82, 2.24) is 34.9 Å². The third-order valence-electron chi connectivity index (χ3n) is 5.91. The van der Waals surface area contributed by atoms with Crippen molar-refractivity contribution in [2.24, 2.45) is 5.92 Å². The lowest BCUT2D eigenvalue weighted by Crippen LogP contribution is -2.22. The summed E-state index contributed by atoms with van der Waals surface area (Å²) in [5.74, 6) is 1.06. The van der Waals surface area contributed by atoms with Crippen LogP contribution in [0.25, 0.3) is 22.3 Å². The number of anilines is 2. The van der Waals surface area contributed by atoms with Crippen LogP contribution in [0, 0.1) is 24.2 Å². The zero-order valence-corrected chi connectivity index (χ0v) is 17.9. The number of carbonyl (C=O) groups excluding carboxylic acids is 1. The van der Waals surface area contributed by atoms with Gasteiger partial charge >= 0.3 is 6.03 Å². The Morgan fingerprint density at radius 3 is 2.97 bits per heavy atom. The summed E-state index contributed by atoms with van der Waals surface area (Å²) in [7, 11) is 0. The minimum Gasteiger partial charge on any atom is -0.346 e. The summed E-state index contributed by atoms with van der Waals surface area (Å²) in [6.45, 7) is 1.63. The molecule has 33 heavy (non-hydrogen) atoms. The second-order valence-corrected chi connectivity index (χ2v) is 8.02. The molecule has 1 atom stereocenters. The Balaban J connectivity index is 1.53. The molecule has 12 nitrogen and oxygen atoms in total. The van der Waals surface area contributed by atoms with Crippen molar-refractivity contribution in [2.45, 2.75) is 45.1 Å². The van der Waals surface area contributed by atoms with E-state index in [4.69, 9.17) is 4.52 Å². The molecule has 1 aliphatic rings. The van der Waals surface area contributed by atoms with Gasteiger partial charge in [0.2, 0.25) is 5.89 Å². The highest BCUT2D eigenvalue weighted by Crippen LogP contribution is 2.38. The van der Waals surface area contributed by atoms with E-state index in [1.54, 1.807) is 17.8 Å². The van der Waals surface area contributed by atoms with Crippen LogP contribution < -0.4 is 10.6 Å². The summed E-state index contributed by atoms with van der Waals surface area (Å²) in [4.78, 5) is 28.4. The van der Waals surface area contributed by atoms with E-state index < -0.39 is 6.03 Å². The first kappa shape index (κ1) is 20.6. The molecule has 0 spiro atoms. The molecule has 4 heterocycles. The maximum absolute atomic E-state index is 12.7. The van der Waals surface area contributed by atoms with Crippen molar-refractivity contribution in [2.75, 3.05) is 10.6 Å². The Morgan fingerprint density at radius 2 is 2.21 bits per heavy atom. The molecule has 2 amide bonds. The topological polar surface area (TPSA) is 163 Å². The zero-order valence-electron chi connectivity index (χ0n) is 17.9. The molecule has 0 saturated heterocycles. The van der Waals surface area contributed by atoms with E-state index in [1.165, 1.54) is 6.33 Å². The number of amides is 2. The molecule has 1 fully saturated rings. The molecular formula is C21H22N10O2. The van der Waals surface area contributed by atoms with Gasteiger partial charge in [-0.15, -0.1) is 0 Å². The van der Waals surface area contributed by atoms with Gasteiger partial charge in [0.1, 0.15) is 12.0 Å². The minimum absolute atomic E-state index is 0.0503. The molecule has 0 radical (unpaired) electrons. The van der Waals surface area contributed by atoms with Crippen molar-refractivity contribution < 1.29 is 9.32 Å². The van der Waals surface area contributed by atoms with Crippen molar-refractivity contribution >= 4 is 28.8 Å². The number of aryl methyl sites for hydroxylation is 1. The molecule has 1 unspecified atom stereocenters. The molecule has 0 aromatic carbocycles. The van der Waals surface area contributed by atoms with E-state index >= 15 is 0 Å². The van der Waals surface area contributed by atoms with E-state index in [0.717, 1.165) is 31.1 Å². The molecule has 12 heteroatoms. The number of H-pyrrole nitrogens is 1. The standard InChI is InChI=1S/C21H22N10O2/c1-12-26-20(30-33-12)28-21(32)27-19-15(17-14-7-9-23-18(14)25-11-24-17)10-31(29-19)16(6-8-22)13-4-2-3-5-13/h7,9-11,13,16H,2-6H2,1H3,(H,23,24,25)(H2,27,28,29,30,32). The van der Waals surface area contributed by atoms with Crippen LogP contribution in [0.5, 0.6) is 0 Å². The third-order valence-corrected chi connectivity index (χ3v) is 5.91. The number of nitrogens with zero attached hydrogens (tertiary/aromatic N) is 7. The fourth-order valence-electron chi connectivity index (χ4n) is 4.42. The number of aromatic amines is 1. The predicted molar refractivity (Wildman–Crippen MR) is 118 cm³/mol. The number of carbonyl (C=O) groups is 1. The Kier molecular flexibility index (Phi) is 5.43. The SMILES string of the molecule is Cc1nc(NC(=O)Nc2nn(C(CC#N)C3CCCC3)cc2-c2ncnc3[nH]ccc23)no1. The highest BCUT2D eigenvalue weighted by molar-refractivity contribution is 6.02.